The Morgan fingerprint density at radius 1 is 1.43 bits per heavy atom. The lowest BCUT2D eigenvalue weighted by Crippen LogP contribution is -2.33. The van der Waals surface area contributed by atoms with Gasteiger partial charge in [-0.1, -0.05) is 12.1 Å². The molecule has 0 aliphatic carbocycles. The fourth-order valence-electron chi connectivity index (χ4n) is 2.11. The average Bonchev–Trinajstić information content (AvgIpc) is 2.91. The zero-order valence-corrected chi connectivity index (χ0v) is 12.4. The lowest BCUT2D eigenvalue weighted by Gasteiger charge is -2.19. The molecule has 1 unspecified atom stereocenters. The van der Waals surface area contributed by atoms with Gasteiger partial charge in [0.1, 0.15) is 24.2 Å². The Kier molecular flexibility index (Phi) is 4.94. The number of carbonyl (C=O) groups excluding carboxylic acids is 1. The first-order valence-electron chi connectivity index (χ1n) is 6.55. The van der Waals surface area contributed by atoms with Crippen LogP contribution in [0.3, 0.4) is 0 Å². The summed E-state index contributed by atoms with van der Waals surface area (Å²) < 4.78 is 12.0. The number of rotatable bonds is 6. The van der Waals surface area contributed by atoms with Gasteiger partial charge in [-0.25, -0.2) is 4.98 Å². The minimum Gasteiger partial charge on any atom is -0.497 e. The van der Waals surface area contributed by atoms with Gasteiger partial charge >= 0.3 is 0 Å². The highest BCUT2D eigenvalue weighted by atomic mass is 16.5. The van der Waals surface area contributed by atoms with E-state index in [2.05, 4.69) is 10.3 Å². The van der Waals surface area contributed by atoms with Crippen LogP contribution in [-0.4, -0.2) is 36.3 Å². The van der Waals surface area contributed by atoms with Crippen molar-refractivity contribution in [2.45, 2.75) is 6.04 Å². The molecule has 21 heavy (non-hydrogen) atoms. The molecule has 2 rings (SSSR count). The number of amides is 1. The summed E-state index contributed by atoms with van der Waals surface area (Å²) in [6.45, 7) is 0.00485. The van der Waals surface area contributed by atoms with Crippen LogP contribution in [0.4, 0.5) is 0 Å². The molecule has 2 aromatic rings. The first-order chi connectivity index (χ1) is 10.2. The second-order valence-corrected chi connectivity index (χ2v) is 4.61. The lowest BCUT2D eigenvalue weighted by atomic mass is 10.1. The van der Waals surface area contributed by atoms with E-state index in [1.165, 1.54) is 7.11 Å². The van der Waals surface area contributed by atoms with Crippen molar-refractivity contribution < 1.29 is 14.3 Å². The van der Waals surface area contributed by atoms with Gasteiger partial charge in [-0.15, -0.1) is 0 Å². The molecule has 0 saturated heterocycles. The number of aromatic nitrogens is 2. The number of aryl methyl sites for hydroxylation is 1. The number of imidazole rings is 1. The van der Waals surface area contributed by atoms with E-state index in [0.29, 0.717) is 0 Å². The van der Waals surface area contributed by atoms with E-state index in [9.17, 15) is 4.79 Å². The quantitative estimate of drug-likeness (QED) is 0.870. The molecule has 0 spiro atoms. The summed E-state index contributed by atoms with van der Waals surface area (Å²) in [5.41, 5.74) is 0.896. The second kappa shape index (κ2) is 6.90. The fourth-order valence-corrected chi connectivity index (χ4v) is 2.11. The van der Waals surface area contributed by atoms with Crippen LogP contribution >= 0.6 is 0 Å². The van der Waals surface area contributed by atoms with Crippen LogP contribution < -0.4 is 10.1 Å². The molecular weight excluding hydrogens is 270 g/mol. The molecule has 1 heterocycles. The van der Waals surface area contributed by atoms with E-state index in [4.69, 9.17) is 9.47 Å². The zero-order valence-electron chi connectivity index (χ0n) is 12.4. The van der Waals surface area contributed by atoms with Crippen LogP contribution in [0.25, 0.3) is 0 Å². The Labute approximate surface area is 123 Å². The van der Waals surface area contributed by atoms with Crippen LogP contribution in [-0.2, 0) is 16.6 Å². The molecule has 1 aromatic carbocycles. The maximum atomic E-state index is 11.9. The summed E-state index contributed by atoms with van der Waals surface area (Å²) in [5.74, 6) is 1.27. The van der Waals surface area contributed by atoms with Gasteiger partial charge in [0.25, 0.3) is 0 Å². The van der Waals surface area contributed by atoms with Crippen molar-refractivity contribution in [1.82, 2.24) is 14.9 Å². The maximum Gasteiger partial charge on any atom is 0.246 e. The second-order valence-electron chi connectivity index (χ2n) is 4.61. The van der Waals surface area contributed by atoms with E-state index < -0.39 is 0 Å². The van der Waals surface area contributed by atoms with E-state index in [-0.39, 0.29) is 18.6 Å². The van der Waals surface area contributed by atoms with E-state index in [1.54, 1.807) is 13.3 Å². The van der Waals surface area contributed by atoms with Crippen LogP contribution in [0.1, 0.15) is 17.4 Å². The molecule has 0 aliphatic rings. The summed E-state index contributed by atoms with van der Waals surface area (Å²) in [6.07, 6.45) is 3.54. The molecule has 1 N–H and O–H groups in total. The first kappa shape index (κ1) is 15.1. The summed E-state index contributed by atoms with van der Waals surface area (Å²) in [7, 11) is 4.98. The highest BCUT2D eigenvalue weighted by Crippen LogP contribution is 2.24. The maximum absolute atomic E-state index is 11.9. The molecule has 6 nitrogen and oxygen atoms in total. The van der Waals surface area contributed by atoms with Crippen LogP contribution in [0.2, 0.25) is 0 Å². The van der Waals surface area contributed by atoms with Crippen molar-refractivity contribution in [2.24, 2.45) is 7.05 Å². The third-order valence-electron chi connectivity index (χ3n) is 3.12. The predicted octanol–water partition coefficient (Wildman–Crippen LogP) is 1.28. The number of hydrogen-bond donors (Lipinski definition) is 1. The molecule has 0 aliphatic heterocycles. The highest BCUT2D eigenvalue weighted by molar-refractivity contribution is 5.78. The average molecular weight is 289 g/mol. The fraction of sp³-hybridized carbons (Fsp3) is 0.333. The van der Waals surface area contributed by atoms with Crippen molar-refractivity contribution in [2.75, 3.05) is 20.8 Å². The van der Waals surface area contributed by atoms with Crippen molar-refractivity contribution in [3.05, 3.63) is 48.0 Å². The molecule has 1 atom stereocenters. The van der Waals surface area contributed by atoms with E-state index >= 15 is 0 Å². The minimum absolute atomic E-state index is 0.00485. The molecule has 6 heteroatoms. The summed E-state index contributed by atoms with van der Waals surface area (Å²) >= 11 is 0. The van der Waals surface area contributed by atoms with Gasteiger partial charge < -0.3 is 19.4 Å². The van der Waals surface area contributed by atoms with Gasteiger partial charge in [-0.3, -0.25) is 4.79 Å². The number of carbonyl (C=O) groups is 1. The van der Waals surface area contributed by atoms with Crippen LogP contribution in [0.15, 0.2) is 36.7 Å². The van der Waals surface area contributed by atoms with Gasteiger partial charge in [0.05, 0.1) is 7.11 Å². The van der Waals surface area contributed by atoms with E-state index in [1.807, 2.05) is 42.1 Å². The van der Waals surface area contributed by atoms with Crippen LogP contribution in [0, 0.1) is 0 Å². The van der Waals surface area contributed by atoms with E-state index in [0.717, 1.165) is 17.1 Å². The Morgan fingerprint density at radius 2 is 2.24 bits per heavy atom. The minimum atomic E-state index is -0.359. The SMILES string of the molecule is COCC(=O)NC(c1cccc(OC)c1)c1nccn1C. The van der Waals surface area contributed by atoms with Gasteiger partial charge in [0.2, 0.25) is 5.91 Å². The largest absolute Gasteiger partial charge is 0.497 e. The van der Waals surface area contributed by atoms with Crippen molar-refractivity contribution >= 4 is 5.91 Å². The Hall–Kier alpha value is -2.34. The zero-order chi connectivity index (χ0) is 15.2. The molecule has 1 aromatic heterocycles. The van der Waals surface area contributed by atoms with Crippen molar-refractivity contribution in [1.29, 1.82) is 0 Å². The topological polar surface area (TPSA) is 65.4 Å². The number of benzene rings is 1. The number of ether oxygens (including phenoxy) is 2. The smallest absolute Gasteiger partial charge is 0.246 e. The monoisotopic (exact) mass is 289 g/mol. The number of methoxy groups -OCH3 is 2. The Bertz CT molecular complexity index is 610. The van der Waals surface area contributed by atoms with Crippen molar-refractivity contribution in [3.63, 3.8) is 0 Å². The normalized spacial score (nSPS) is 12.0. The Morgan fingerprint density at radius 3 is 2.86 bits per heavy atom. The molecule has 0 radical (unpaired) electrons. The van der Waals surface area contributed by atoms with Gasteiger partial charge in [-0.05, 0) is 17.7 Å². The third-order valence-corrected chi connectivity index (χ3v) is 3.12. The standard InChI is InChI=1S/C15H19N3O3/c1-18-8-7-16-15(18)14(17-13(19)10-20-2)11-5-4-6-12(9-11)21-3/h4-9,14H,10H2,1-3H3,(H,17,19). The predicted molar refractivity (Wildman–Crippen MR) is 78.1 cm³/mol. The summed E-state index contributed by atoms with van der Waals surface area (Å²) in [5, 5.41) is 2.93. The van der Waals surface area contributed by atoms with Crippen LogP contribution in [0.5, 0.6) is 5.75 Å². The summed E-state index contributed by atoms with van der Waals surface area (Å²) in [6, 6.07) is 7.19. The Balaban J connectivity index is 2.35. The first-order valence-corrected chi connectivity index (χ1v) is 6.55. The molecule has 112 valence electrons. The third kappa shape index (κ3) is 3.61. The molecular formula is C15H19N3O3. The molecule has 0 bridgehead atoms. The highest BCUT2D eigenvalue weighted by Gasteiger charge is 2.21. The van der Waals surface area contributed by atoms with Gasteiger partial charge in [0, 0.05) is 26.6 Å². The van der Waals surface area contributed by atoms with Gasteiger partial charge in [-0.2, -0.15) is 0 Å². The van der Waals surface area contributed by atoms with Crippen molar-refractivity contribution in [3.8, 4) is 5.75 Å². The molecule has 0 fully saturated rings. The number of nitrogens with one attached hydrogen (secondary N) is 1. The number of nitrogens with zero attached hydrogens (tertiary/aromatic N) is 2. The van der Waals surface area contributed by atoms with Gasteiger partial charge in [0.15, 0.2) is 0 Å². The number of hydrogen-bond acceptors (Lipinski definition) is 4. The molecule has 1 amide bonds. The lowest BCUT2D eigenvalue weighted by molar-refractivity contribution is -0.125. The molecule has 0 saturated carbocycles. The summed E-state index contributed by atoms with van der Waals surface area (Å²) in [4.78, 5) is 16.2.